The summed E-state index contributed by atoms with van der Waals surface area (Å²) in [5, 5.41) is 9.89. The minimum Gasteiger partial charge on any atom is -0.462 e. The molecule has 1 amide bonds. The first-order chi connectivity index (χ1) is 13.1. The van der Waals surface area contributed by atoms with E-state index in [0.29, 0.717) is 29.4 Å². The van der Waals surface area contributed by atoms with E-state index in [-0.39, 0.29) is 24.9 Å². The molecule has 3 rings (SSSR count). The summed E-state index contributed by atoms with van der Waals surface area (Å²) in [6, 6.07) is 13.7. The number of anilines is 1. The maximum atomic E-state index is 12.3. The number of hydrogen-bond donors (Lipinski definition) is 2. The molecular formula is C19H19N3O5. The lowest BCUT2D eigenvalue weighted by atomic mass is 10.2. The van der Waals surface area contributed by atoms with Gasteiger partial charge < -0.3 is 4.74 Å². The highest BCUT2D eigenvalue weighted by molar-refractivity contribution is 6.14. The van der Waals surface area contributed by atoms with Gasteiger partial charge in [0.2, 0.25) is 0 Å². The SMILES string of the molecule is CCOC(=O)c1ccc(N=C2CC(=O)N(c3ccc(COO)cc3)N2)cc1. The highest BCUT2D eigenvalue weighted by Crippen LogP contribution is 2.21. The van der Waals surface area contributed by atoms with Crippen molar-refractivity contribution in [2.45, 2.75) is 20.0 Å². The zero-order valence-electron chi connectivity index (χ0n) is 14.7. The van der Waals surface area contributed by atoms with Gasteiger partial charge in [-0.1, -0.05) is 12.1 Å². The molecule has 0 spiro atoms. The second-order valence-corrected chi connectivity index (χ2v) is 5.78. The fourth-order valence-electron chi connectivity index (χ4n) is 2.58. The molecule has 27 heavy (non-hydrogen) atoms. The molecule has 2 aromatic carbocycles. The molecule has 0 saturated carbocycles. The van der Waals surface area contributed by atoms with E-state index in [1.165, 1.54) is 5.01 Å². The summed E-state index contributed by atoms with van der Waals surface area (Å²) in [5.74, 6) is -0.0122. The van der Waals surface area contributed by atoms with Gasteiger partial charge in [0.05, 0.1) is 30.0 Å². The molecule has 140 valence electrons. The lowest BCUT2D eigenvalue weighted by Gasteiger charge is -2.16. The Bertz CT molecular complexity index is 847. The molecule has 1 aliphatic heterocycles. The quantitative estimate of drug-likeness (QED) is 0.461. The van der Waals surface area contributed by atoms with Crippen LogP contribution in [-0.2, 0) is 21.0 Å². The number of hydrazine groups is 1. The zero-order valence-corrected chi connectivity index (χ0v) is 14.7. The third-order valence-electron chi connectivity index (χ3n) is 3.88. The summed E-state index contributed by atoms with van der Waals surface area (Å²) in [6.07, 6.45) is 0.140. The third kappa shape index (κ3) is 4.49. The predicted molar refractivity (Wildman–Crippen MR) is 98.6 cm³/mol. The second kappa shape index (κ2) is 8.43. The number of nitrogens with zero attached hydrogens (tertiary/aromatic N) is 2. The Hall–Kier alpha value is -3.23. The molecular weight excluding hydrogens is 350 g/mol. The fourth-order valence-corrected chi connectivity index (χ4v) is 2.58. The summed E-state index contributed by atoms with van der Waals surface area (Å²) in [7, 11) is 0. The van der Waals surface area contributed by atoms with Crippen molar-refractivity contribution in [3.8, 4) is 0 Å². The van der Waals surface area contributed by atoms with Gasteiger partial charge in [0.25, 0.3) is 5.91 Å². The molecule has 1 saturated heterocycles. The van der Waals surface area contributed by atoms with E-state index in [1.54, 1.807) is 55.5 Å². The smallest absolute Gasteiger partial charge is 0.338 e. The van der Waals surface area contributed by atoms with Crippen LogP contribution >= 0.6 is 0 Å². The van der Waals surface area contributed by atoms with Gasteiger partial charge in [-0.15, -0.1) is 0 Å². The molecule has 0 unspecified atom stereocenters. The summed E-state index contributed by atoms with van der Waals surface area (Å²) < 4.78 is 4.94. The minimum absolute atomic E-state index is 0.0795. The number of rotatable bonds is 6. The number of ether oxygens (including phenoxy) is 1. The highest BCUT2D eigenvalue weighted by Gasteiger charge is 2.26. The summed E-state index contributed by atoms with van der Waals surface area (Å²) in [4.78, 5) is 32.4. The minimum atomic E-state index is -0.382. The van der Waals surface area contributed by atoms with E-state index >= 15 is 0 Å². The molecule has 0 aromatic heterocycles. The van der Waals surface area contributed by atoms with Crippen LogP contribution in [0.5, 0.6) is 0 Å². The van der Waals surface area contributed by atoms with Crippen molar-refractivity contribution in [2.75, 3.05) is 11.6 Å². The van der Waals surface area contributed by atoms with Crippen LogP contribution < -0.4 is 10.4 Å². The first-order valence-corrected chi connectivity index (χ1v) is 8.40. The summed E-state index contributed by atoms with van der Waals surface area (Å²) in [5.41, 5.74) is 5.48. The van der Waals surface area contributed by atoms with Crippen LogP contribution in [0.3, 0.4) is 0 Å². The molecule has 8 nitrogen and oxygen atoms in total. The van der Waals surface area contributed by atoms with Gasteiger partial charge in [0.15, 0.2) is 0 Å². The van der Waals surface area contributed by atoms with Crippen molar-refractivity contribution >= 4 is 29.1 Å². The Kier molecular flexibility index (Phi) is 5.80. The van der Waals surface area contributed by atoms with Crippen LogP contribution in [0.4, 0.5) is 11.4 Å². The van der Waals surface area contributed by atoms with Crippen LogP contribution in [0.25, 0.3) is 0 Å². The van der Waals surface area contributed by atoms with Crippen molar-refractivity contribution in [2.24, 2.45) is 4.99 Å². The number of carbonyl (C=O) groups excluding carboxylic acids is 2. The number of aliphatic imine (C=N–C) groups is 1. The zero-order chi connectivity index (χ0) is 19.2. The van der Waals surface area contributed by atoms with E-state index in [9.17, 15) is 9.59 Å². The molecule has 1 aliphatic rings. The number of benzene rings is 2. The van der Waals surface area contributed by atoms with Gasteiger partial charge in [-0.2, -0.15) is 0 Å². The molecule has 0 bridgehead atoms. The first-order valence-electron chi connectivity index (χ1n) is 8.40. The molecule has 0 aliphatic carbocycles. The summed E-state index contributed by atoms with van der Waals surface area (Å²) >= 11 is 0. The third-order valence-corrected chi connectivity index (χ3v) is 3.88. The molecule has 0 radical (unpaired) electrons. The lowest BCUT2D eigenvalue weighted by molar-refractivity contribution is -0.253. The van der Waals surface area contributed by atoms with Gasteiger partial charge >= 0.3 is 5.97 Å². The van der Waals surface area contributed by atoms with Gasteiger partial charge in [-0.25, -0.2) is 19.7 Å². The monoisotopic (exact) mass is 369 g/mol. The van der Waals surface area contributed by atoms with Gasteiger partial charge in [-0.05, 0) is 48.9 Å². The number of carbonyl (C=O) groups is 2. The number of amidine groups is 1. The highest BCUT2D eigenvalue weighted by atomic mass is 17.1. The van der Waals surface area contributed by atoms with Crippen LogP contribution in [0.2, 0.25) is 0 Å². The molecule has 2 N–H and O–H groups in total. The van der Waals surface area contributed by atoms with E-state index in [1.807, 2.05) is 0 Å². The number of nitrogens with one attached hydrogen (secondary N) is 1. The fraction of sp³-hybridized carbons (Fsp3) is 0.211. The van der Waals surface area contributed by atoms with Gasteiger partial charge in [-0.3, -0.25) is 15.5 Å². The average molecular weight is 369 g/mol. The lowest BCUT2D eigenvalue weighted by Crippen LogP contribution is -2.35. The van der Waals surface area contributed by atoms with Crippen LogP contribution in [0.1, 0.15) is 29.3 Å². The second-order valence-electron chi connectivity index (χ2n) is 5.78. The molecule has 2 aromatic rings. The van der Waals surface area contributed by atoms with E-state index < -0.39 is 0 Å². The Balaban J connectivity index is 1.70. The van der Waals surface area contributed by atoms with E-state index in [2.05, 4.69) is 15.3 Å². The Labute approximate surface area is 155 Å². The maximum Gasteiger partial charge on any atom is 0.338 e. The van der Waals surface area contributed by atoms with Crippen LogP contribution in [-0.4, -0.2) is 29.6 Å². The Morgan fingerprint density at radius 2 is 1.89 bits per heavy atom. The van der Waals surface area contributed by atoms with Gasteiger partial charge in [0, 0.05) is 0 Å². The van der Waals surface area contributed by atoms with Crippen molar-refractivity contribution in [1.82, 2.24) is 5.43 Å². The number of hydrogen-bond acceptors (Lipinski definition) is 6. The van der Waals surface area contributed by atoms with Crippen molar-refractivity contribution in [1.29, 1.82) is 0 Å². The molecule has 8 heteroatoms. The maximum absolute atomic E-state index is 12.3. The van der Waals surface area contributed by atoms with Gasteiger partial charge in [0.1, 0.15) is 12.4 Å². The molecule has 1 heterocycles. The van der Waals surface area contributed by atoms with Crippen molar-refractivity contribution in [3.63, 3.8) is 0 Å². The van der Waals surface area contributed by atoms with Crippen molar-refractivity contribution in [3.05, 3.63) is 59.7 Å². The standard InChI is InChI=1S/C19H19N3O5/c1-2-26-19(24)14-5-7-15(8-6-14)20-17-11-18(23)22(21-17)16-9-3-13(4-10-16)12-27-25/h3-10,25H,2,11-12H2,1H3,(H,20,21). The predicted octanol–water partition coefficient (Wildman–Crippen LogP) is 2.82. The molecule has 0 atom stereocenters. The molecule has 1 fully saturated rings. The average Bonchev–Trinajstić information content (AvgIpc) is 3.03. The largest absolute Gasteiger partial charge is 0.462 e. The normalized spacial score (nSPS) is 15.1. The Morgan fingerprint density at radius 1 is 1.19 bits per heavy atom. The van der Waals surface area contributed by atoms with E-state index in [4.69, 9.17) is 9.99 Å². The van der Waals surface area contributed by atoms with Crippen LogP contribution in [0.15, 0.2) is 53.5 Å². The summed E-state index contributed by atoms with van der Waals surface area (Å²) in [6.45, 7) is 2.15. The van der Waals surface area contributed by atoms with Crippen molar-refractivity contribution < 1.29 is 24.5 Å². The topological polar surface area (TPSA) is 100 Å². The Morgan fingerprint density at radius 3 is 2.52 bits per heavy atom. The first kappa shape index (κ1) is 18.6. The van der Waals surface area contributed by atoms with E-state index in [0.717, 1.165) is 5.56 Å². The number of esters is 1. The van der Waals surface area contributed by atoms with Crippen LogP contribution in [0, 0.1) is 0 Å². The number of amides is 1.